The summed E-state index contributed by atoms with van der Waals surface area (Å²) in [7, 11) is -0.144. The SMILES string of the molecule is CN(C)C(=O)c1cc2cnc(Nc3ccc(S(=O)(=O)NCCCN=C=S)cc3)nc2n1C1CCCC1. The minimum absolute atomic E-state index is 0.0637. The molecule has 1 aliphatic rings. The molecule has 190 valence electrons. The van der Waals surface area contributed by atoms with Crippen LogP contribution in [0.1, 0.15) is 48.6 Å². The summed E-state index contributed by atoms with van der Waals surface area (Å²) < 4.78 is 29.6. The number of sulfonamides is 1. The van der Waals surface area contributed by atoms with Gasteiger partial charge in [0.15, 0.2) is 0 Å². The highest BCUT2D eigenvalue weighted by molar-refractivity contribution is 7.89. The maximum absolute atomic E-state index is 12.9. The predicted octanol–water partition coefficient (Wildman–Crippen LogP) is 3.76. The standard InChI is InChI=1S/C24H29N7O3S2/c1-30(2)23(32)21-14-17-15-26-24(29-22(17)31(21)19-6-3-4-7-19)28-18-8-10-20(11-9-18)36(33,34)27-13-5-12-25-16-35/h8-11,14-15,19,27H,3-7,12-13H2,1-2H3,(H,26,28,29). The Morgan fingerprint density at radius 2 is 1.97 bits per heavy atom. The Kier molecular flexibility index (Phi) is 8.10. The van der Waals surface area contributed by atoms with Crippen LogP contribution in [0.5, 0.6) is 0 Å². The second-order valence-corrected chi connectivity index (χ2v) is 10.8. The van der Waals surface area contributed by atoms with Gasteiger partial charge in [-0.3, -0.25) is 4.79 Å². The maximum atomic E-state index is 12.9. The molecule has 0 radical (unpaired) electrons. The van der Waals surface area contributed by atoms with Crippen molar-refractivity contribution in [2.45, 2.75) is 43.0 Å². The number of nitrogens with one attached hydrogen (secondary N) is 2. The summed E-state index contributed by atoms with van der Waals surface area (Å²) in [6, 6.07) is 8.45. The first-order valence-corrected chi connectivity index (χ1v) is 13.7. The molecule has 4 rings (SSSR count). The van der Waals surface area contributed by atoms with Gasteiger partial charge >= 0.3 is 0 Å². The Hall–Kier alpha value is -3.18. The number of aliphatic imine (C=N–C) groups is 1. The first-order valence-electron chi connectivity index (χ1n) is 11.8. The molecule has 10 nitrogen and oxygen atoms in total. The number of benzene rings is 1. The van der Waals surface area contributed by atoms with E-state index in [1.54, 1.807) is 37.3 Å². The van der Waals surface area contributed by atoms with Crippen LogP contribution in [0.4, 0.5) is 11.6 Å². The van der Waals surface area contributed by atoms with Gasteiger partial charge in [-0.1, -0.05) is 12.8 Å². The molecule has 1 aliphatic carbocycles. The number of rotatable bonds is 10. The molecule has 0 unspecified atom stereocenters. The van der Waals surface area contributed by atoms with Crippen LogP contribution in [0.3, 0.4) is 0 Å². The van der Waals surface area contributed by atoms with Gasteiger partial charge < -0.3 is 14.8 Å². The fraction of sp³-hybridized carbons (Fsp3) is 0.417. The summed E-state index contributed by atoms with van der Waals surface area (Å²) in [5, 5.41) is 6.21. The van der Waals surface area contributed by atoms with Crippen molar-refractivity contribution >= 4 is 56.0 Å². The largest absolute Gasteiger partial charge is 0.343 e. The van der Waals surface area contributed by atoms with E-state index in [0.717, 1.165) is 31.1 Å². The smallest absolute Gasteiger partial charge is 0.270 e. The van der Waals surface area contributed by atoms with Crippen LogP contribution in [0, 0.1) is 0 Å². The van der Waals surface area contributed by atoms with Crippen LogP contribution in [-0.2, 0) is 10.0 Å². The number of aromatic nitrogens is 3. The number of anilines is 2. The number of fused-ring (bicyclic) bond motifs is 1. The molecule has 1 aromatic carbocycles. The molecule has 1 fully saturated rings. The number of hydrogen-bond donors (Lipinski definition) is 2. The fourth-order valence-corrected chi connectivity index (χ4v) is 5.50. The topological polar surface area (TPSA) is 122 Å². The van der Waals surface area contributed by atoms with E-state index >= 15 is 0 Å². The van der Waals surface area contributed by atoms with E-state index < -0.39 is 10.0 Å². The number of hydrogen-bond acceptors (Lipinski definition) is 8. The molecule has 2 N–H and O–H groups in total. The number of carbonyl (C=O) groups is 1. The van der Waals surface area contributed by atoms with Crippen molar-refractivity contribution < 1.29 is 13.2 Å². The highest BCUT2D eigenvalue weighted by Crippen LogP contribution is 2.35. The number of carbonyl (C=O) groups excluding carboxylic acids is 1. The first kappa shape index (κ1) is 25.9. The van der Waals surface area contributed by atoms with Crippen LogP contribution in [0.15, 0.2) is 46.4 Å². The van der Waals surface area contributed by atoms with Gasteiger partial charge in [0.05, 0.1) is 16.6 Å². The quantitative estimate of drug-likeness (QED) is 0.234. The zero-order chi connectivity index (χ0) is 25.7. The normalized spacial score (nSPS) is 14.1. The molecule has 12 heteroatoms. The number of isothiocyanates is 1. The van der Waals surface area contributed by atoms with Gasteiger partial charge in [-0.15, -0.1) is 0 Å². The van der Waals surface area contributed by atoms with Crippen molar-refractivity contribution in [1.82, 2.24) is 24.2 Å². The lowest BCUT2D eigenvalue weighted by molar-refractivity contribution is 0.0815. The van der Waals surface area contributed by atoms with Crippen molar-refractivity contribution in [2.75, 3.05) is 32.5 Å². The first-order chi connectivity index (χ1) is 17.3. The fourth-order valence-electron chi connectivity index (χ4n) is 4.33. The Bertz CT molecular complexity index is 1390. The summed E-state index contributed by atoms with van der Waals surface area (Å²) >= 11 is 4.50. The second kappa shape index (κ2) is 11.3. The minimum Gasteiger partial charge on any atom is -0.343 e. The van der Waals surface area contributed by atoms with Gasteiger partial charge in [-0.05, 0) is 61.8 Å². The monoisotopic (exact) mass is 527 g/mol. The Morgan fingerprint density at radius 3 is 2.64 bits per heavy atom. The highest BCUT2D eigenvalue weighted by atomic mass is 32.2. The molecule has 2 aromatic heterocycles. The predicted molar refractivity (Wildman–Crippen MR) is 142 cm³/mol. The van der Waals surface area contributed by atoms with Gasteiger partial charge in [0.2, 0.25) is 16.0 Å². The molecule has 0 saturated heterocycles. The second-order valence-electron chi connectivity index (χ2n) is 8.88. The summed E-state index contributed by atoms with van der Waals surface area (Å²) in [6.07, 6.45) is 6.51. The third-order valence-corrected chi connectivity index (χ3v) is 7.72. The van der Waals surface area contributed by atoms with Crippen molar-refractivity contribution in [3.8, 4) is 0 Å². The Morgan fingerprint density at radius 1 is 1.25 bits per heavy atom. The summed E-state index contributed by atoms with van der Waals surface area (Å²) in [4.78, 5) is 27.5. The van der Waals surface area contributed by atoms with Crippen molar-refractivity contribution in [1.29, 1.82) is 0 Å². The molecule has 3 aromatic rings. The molecular formula is C24H29N7O3S2. The molecule has 0 bridgehead atoms. The van der Waals surface area contributed by atoms with Crippen LogP contribution < -0.4 is 10.0 Å². The molecular weight excluding hydrogens is 498 g/mol. The van der Waals surface area contributed by atoms with Crippen LogP contribution in [0.2, 0.25) is 0 Å². The van der Waals surface area contributed by atoms with Gasteiger partial charge in [0, 0.05) is 44.0 Å². The molecule has 0 aliphatic heterocycles. The van der Waals surface area contributed by atoms with E-state index in [0.29, 0.717) is 35.9 Å². The van der Waals surface area contributed by atoms with Crippen molar-refractivity contribution in [3.63, 3.8) is 0 Å². The van der Waals surface area contributed by atoms with E-state index in [2.05, 4.69) is 42.0 Å². The molecule has 1 amide bonds. The lowest BCUT2D eigenvalue weighted by Gasteiger charge is -2.19. The van der Waals surface area contributed by atoms with Crippen molar-refractivity contribution in [3.05, 3.63) is 42.2 Å². The number of nitrogens with zero attached hydrogens (tertiary/aromatic N) is 5. The van der Waals surface area contributed by atoms with Gasteiger partial charge in [0.25, 0.3) is 5.91 Å². The molecule has 0 spiro atoms. The lowest BCUT2D eigenvalue weighted by atomic mass is 10.2. The third kappa shape index (κ3) is 5.79. The van der Waals surface area contributed by atoms with Crippen molar-refractivity contribution in [2.24, 2.45) is 4.99 Å². The van der Waals surface area contributed by atoms with E-state index in [1.807, 2.05) is 6.07 Å². The van der Waals surface area contributed by atoms with Gasteiger partial charge in [-0.2, -0.15) is 4.98 Å². The maximum Gasteiger partial charge on any atom is 0.270 e. The van der Waals surface area contributed by atoms with Crippen LogP contribution in [-0.4, -0.2) is 66.1 Å². The average Bonchev–Trinajstić information content (AvgIpc) is 3.51. The van der Waals surface area contributed by atoms with Crippen LogP contribution in [0.25, 0.3) is 11.0 Å². The van der Waals surface area contributed by atoms with Gasteiger partial charge in [-0.25, -0.2) is 23.1 Å². The van der Waals surface area contributed by atoms with E-state index in [4.69, 9.17) is 4.98 Å². The Balaban J connectivity index is 1.54. The number of thiocarbonyl (C=S) groups is 1. The van der Waals surface area contributed by atoms with Gasteiger partial charge in [0.1, 0.15) is 11.3 Å². The zero-order valence-electron chi connectivity index (χ0n) is 20.3. The van der Waals surface area contributed by atoms with E-state index in [9.17, 15) is 13.2 Å². The minimum atomic E-state index is -3.63. The summed E-state index contributed by atoms with van der Waals surface area (Å²) in [5.74, 6) is 0.308. The Labute approximate surface area is 215 Å². The summed E-state index contributed by atoms with van der Waals surface area (Å²) in [6.45, 7) is 0.684. The molecule has 0 atom stereocenters. The molecule has 1 saturated carbocycles. The van der Waals surface area contributed by atoms with E-state index in [-0.39, 0.29) is 23.4 Å². The molecule has 2 heterocycles. The highest BCUT2D eigenvalue weighted by Gasteiger charge is 2.26. The van der Waals surface area contributed by atoms with Crippen LogP contribution >= 0.6 is 12.2 Å². The zero-order valence-corrected chi connectivity index (χ0v) is 21.9. The third-order valence-electron chi connectivity index (χ3n) is 6.12. The van der Waals surface area contributed by atoms with E-state index in [1.165, 1.54) is 12.1 Å². The summed E-state index contributed by atoms with van der Waals surface area (Å²) in [5.41, 5.74) is 1.97. The molecule has 36 heavy (non-hydrogen) atoms. The average molecular weight is 528 g/mol. The number of amides is 1. The lowest BCUT2D eigenvalue weighted by Crippen LogP contribution is -2.25.